The summed E-state index contributed by atoms with van der Waals surface area (Å²) in [7, 11) is 0. The molecule has 4 rings (SSSR count). The van der Waals surface area contributed by atoms with Crippen LogP contribution in [0.5, 0.6) is 5.75 Å². The fraction of sp³-hybridized carbons (Fsp3) is 0.0833. The molecule has 0 amide bonds. The Kier molecular flexibility index (Phi) is 5.02. The molecule has 3 aromatic carbocycles. The Hall–Kier alpha value is -3.66. The number of carbonyl (C=O) groups is 1. The Labute approximate surface area is 163 Å². The van der Waals surface area contributed by atoms with Gasteiger partial charge in [-0.15, -0.1) is 0 Å². The van der Waals surface area contributed by atoms with Gasteiger partial charge in [-0.3, -0.25) is 0 Å². The minimum absolute atomic E-state index is 0.274. The number of hydrogen-bond donors (Lipinski definition) is 0. The van der Waals surface area contributed by atoms with Gasteiger partial charge >= 0.3 is 5.97 Å². The summed E-state index contributed by atoms with van der Waals surface area (Å²) in [6, 6.07) is 25.2. The van der Waals surface area contributed by atoms with Crippen molar-refractivity contribution < 1.29 is 14.3 Å². The van der Waals surface area contributed by atoms with Crippen molar-refractivity contribution in [3.63, 3.8) is 0 Å². The van der Waals surface area contributed by atoms with Crippen molar-refractivity contribution in [2.24, 2.45) is 4.99 Å². The van der Waals surface area contributed by atoms with Gasteiger partial charge < -0.3 is 9.47 Å². The number of ether oxygens (including phenoxy) is 2. The van der Waals surface area contributed by atoms with Crippen molar-refractivity contribution in [3.8, 4) is 5.75 Å². The van der Waals surface area contributed by atoms with Crippen molar-refractivity contribution in [1.82, 2.24) is 0 Å². The van der Waals surface area contributed by atoms with E-state index < -0.39 is 5.97 Å². The molecule has 0 bridgehead atoms. The lowest BCUT2D eigenvalue weighted by Crippen LogP contribution is -2.05. The molecule has 0 fully saturated rings. The number of rotatable bonds is 5. The topological polar surface area (TPSA) is 47.9 Å². The molecule has 1 heterocycles. The first-order valence-corrected chi connectivity index (χ1v) is 9.04. The third kappa shape index (κ3) is 4.18. The summed E-state index contributed by atoms with van der Waals surface area (Å²) in [5.41, 5.74) is 4.11. The maximum Gasteiger partial charge on any atom is 0.363 e. The molecule has 0 atom stereocenters. The van der Waals surface area contributed by atoms with Gasteiger partial charge in [0.05, 0.1) is 0 Å². The molecule has 0 radical (unpaired) electrons. The molecule has 28 heavy (non-hydrogen) atoms. The smallest absolute Gasteiger partial charge is 0.363 e. The van der Waals surface area contributed by atoms with E-state index in [1.54, 1.807) is 6.08 Å². The summed E-state index contributed by atoms with van der Waals surface area (Å²) >= 11 is 0. The average Bonchev–Trinajstić information content (AvgIpc) is 3.08. The van der Waals surface area contributed by atoms with E-state index in [1.165, 1.54) is 0 Å². The van der Waals surface area contributed by atoms with Crippen LogP contribution in [0.25, 0.3) is 6.08 Å². The third-order valence-electron chi connectivity index (χ3n) is 4.33. The second-order valence-electron chi connectivity index (χ2n) is 6.55. The van der Waals surface area contributed by atoms with Crippen LogP contribution in [0.1, 0.15) is 22.3 Å². The first-order valence-electron chi connectivity index (χ1n) is 9.04. The van der Waals surface area contributed by atoms with Gasteiger partial charge in [-0.1, -0.05) is 60.2 Å². The van der Waals surface area contributed by atoms with Crippen molar-refractivity contribution in [1.29, 1.82) is 0 Å². The van der Waals surface area contributed by atoms with Crippen LogP contribution in [-0.2, 0) is 16.1 Å². The minimum Gasteiger partial charge on any atom is -0.489 e. The number of cyclic esters (lactones) is 1. The normalized spacial score (nSPS) is 14.7. The summed E-state index contributed by atoms with van der Waals surface area (Å²) in [5.74, 6) is 0.603. The zero-order valence-electron chi connectivity index (χ0n) is 15.5. The number of hydrogen-bond acceptors (Lipinski definition) is 4. The fourth-order valence-corrected chi connectivity index (χ4v) is 2.82. The summed E-state index contributed by atoms with van der Waals surface area (Å²) in [5, 5.41) is 0. The summed E-state index contributed by atoms with van der Waals surface area (Å²) < 4.78 is 11.2. The maximum atomic E-state index is 12.2. The Bertz CT molecular complexity index is 1050. The summed E-state index contributed by atoms with van der Waals surface area (Å²) in [6.07, 6.45) is 1.71. The second kappa shape index (κ2) is 7.92. The van der Waals surface area contributed by atoms with E-state index in [4.69, 9.17) is 9.47 Å². The first-order chi connectivity index (χ1) is 13.7. The minimum atomic E-state index is -0.453. The van der Waals surface area contributed by atoms with E-state index in [0.29, 0.717) is 12.5 Å². The largest absolute Gasteiger partial charge is 0.489 e. The van der Waals surface area contributed by atoms with Crippen LogP contribution in [0.15, 0.2) is 89.6 Å². The number of aryl methyl sites for hydroxylation is 1. The van der Waals surface area contributed by atoms with Crippen LogP contribution < -0.4 is 4.74 Å². The molecule has 4 nitrogen and oxygen atoms in total. The highest BCUT2D eigenvalue weighted by molar-refractivity contribution is 6.12. The molecule has 0 spiro atoms. The lowest BCUT2D eigenvalue weighted by molar-refractivity contribution is -0.129. The van der Waals surface area contributed by atoms with Gasteiger partial charge in [0.15, 0.2) is 5.70 Å². The van der Waals surface area contributed by atoms with Crippen LogP contribution in [0.4, 0.5) is 0 Å². The Morgan fingerprint density at radius 2 is 1.75 bits per heavy atom. The molecule has 138 valence electrons. The molecule has 1 aliphatic rings. The Morgan fingerprint density at radius 3 is 2.54 bits per heavy atom. The quantitative estimate of drug-likeness (QED) is 0.474. The van der Waals surface area contributed by atoms with E-state index in [1.807, 2.05) is 85.8 Å². The van der Waals surface area contributed by atoms with Crippen molar-refractivity contribution in [3.05, 3.63) is 107 Å². The van der Waals surface area contributed by atoms with Gasteiger partial charge in [0.2, 0.25) is 5.90 Å². The number of aliphatic imine (C=N–C) groups is 1. The van der Waals surface area contributed by atoms with Crippen LogP contribution in [0.2, 0.25) is 0 Å². The average molecular weight is 369 g/mol. The molecule has 0 saturated heterocycles. The highest BCUT2D eigenvalue weighted by Crippen LogP contribution is 2.22. The lowest BCUT2D eigenvalue weighted by Gasteiger charge is -2.07. The van der Waals surface area contributed by atoms with Gasteiger partial charge in [-0.25, -0.2) is 9.79 Å². The molecule has 1 aliphatic heterocycles. The first kappa shape index (κ1) is 17.7. The third-order valence-corrected chi connectivity index (χ3v) is 4.33. The van der Waals surface area contributed by atoms with E-state index in [-0.39, 0.29) is 5.70 Å². The summed E-state index contributed by atoms with van der Waals surface area (Å²) in [6.45, 7) is 2.49. The predicted octanol–water partition coefficient (Wildman–Crippen LogP) is 4.92. The Balaban J connectivity index is 1.51. The van der Waals surface area contributed by atoms with E-state index in [0.717, 1.165) is 28.0 Å². The second-order valence-corrected chi connectivity index (χ2v) is 6.55. The van der Waals surface area contributed by atoms with Crippen LogP contribution >= 0.6 is 0 Å². The zero-order chi connectivity index (χ0) is 19.3. The molecule has 4 heteroatoms. The van der Waals surface area contributed by atoms with Gasteiger partial charge in [-0.2, -0.15) is 0 Å². The predicted molar refractivity (Wildman–Crippen MR) is 109 cm³/mol. The monoisotopic (exact) mass is 369 g/mol. The van der Waals surface area contributed by atoms with Crippen LogP contribution in [0, 0.1) is 6.92 Å². The summed E-state index contributed by atoms with van der Waals surface area (Å²) in [4.78, 5) is 16.5. The molecular weight excluding hydrogens is 350 g/mol. The standard InChI is InChI=1S/C24H19NO3/c1-17-10-12-20(13-11-17)23-25-22(24(26)28-23)15-19-8-5-9-21(14-19)27-16-18-6-3-2-4-7-18/h2-15H,16H2,1H3/b22-15+. The van der Waals surface area contributed by atoms with Gasteiger partial charge in [0, 0.05) is 5.56 Å². The molecule has 0 N–H and O–H groups in total. The molecule has 0 unspecified atom stereocenters. The highest BCUT2D eigenvalue weighted by atomic mass is 16.6. The van der Waals surface area contributed by atoms with Crippen LogP contribution in [-0.4, -0.2) is 11.9 Å². The Morgan fingerprint density at radius 1 is 0.964 bits per heavy atom. The molecule has 0 aromatic heterocycles. The van der Waals surface area contributed by atoms with E-state index in [2.05, 4.69) is 4.99 Å². The fourth-order valence-electron chi connectivity index (χ4n) is 2.82. The van der Waals surface area contributed by atoms with Crippen LogP contribution in [0.3, 0.4) is 0 Å². The van der Waals surface area contributed by atoms with E-state index in [9.17, 15) is 4.79 Å². The van der Waals surface area contributed by atoms with Crippen molar-refractivity contribution in [2.45, 2.75) is 13.5 Å². The number of esters is 1. The number of nitrogens with zero attached hydrogens (tertiary/aromatic N) is 1. The lowest BCUT2D eigenvalue weighted by atomic mass is 10.1. The molecular formula is C24H19NO3. The number of benzene rings is 3. The molecule has 0 aliphatic carbocycles. The van der Waals surface area contributed by atoms with Gasteiger partial charge in [0.25, 0.3) is 0 Å². The van der Waals surface area contributed by atoms with Gasteiger partial charge in [-0.05, 0) is 48.4 Å². The molecule has 0 saturated carbocycles. The SMILES string of the molecule is Cc1ccc(C2=N/C(=C/c3cccc(OCc4ccccc4)c3)C(=O)O2)cc1. The van der Waals surface area contributed by atoms with Crippen molar-refractivity contribution in [2.75, 3.05) is 0 Å². The highest BCUT2D eigenvalue weighted by Gasteiger charge is 2.24. The maximum absolute atomic E-state index is 12.2. The van der Waals surface area contributed by atoms with E-state index >= 15 is 0 Å². The molecule has 3 aromatic rings. The zero-order valence-corrected chi connectivity index (χ0v) is 15.5. The van der Waals surface area contributed by atoms with Gasteiger partial charge in [0.1, 0.15) is 12.4 Å². The van der Waals surface area contributed by atoms with Crippen molar-refractivity contribution >= 4 is 17.9 Å². The number of carbonyl (C=O) groups excluding carboxylic acids is 1.